The Labute approximate surface area is 108 Å². The predicted octanol–water partition coefficient (Wildman–Crippen LogP) is 2.14. The van der Waals surface area contributed by atoms with E-state index in [2.05, 4.69) is 12.2 Å². The maximum absolute atomic E-state index is 5.42. The van der Waals surface area contributed by atoms with Gasteiger partial charge in [0.25, 0.3) is 0 Å². The zero-order valence-corrected chi connectivity index (χ0v) is 11.2. The van der Waals surface area contributed by atoms with Crippen LogP contribution in [0.15, 0.2) is 18.2 Å². The maximum Gasteiger partial charge on any atom is 0.127 e. The number of benzene rings is 1. The molecular weight excluding hydrogens is 230 g/mol. The minimum atomic E-state index is 0.234. The first kappa shape index (κ1) is 13.2. The van der Waals surface area contributed by atoms with Gasteiger partial charge in [0.15, 0.2) is 0 Å². The van der Waals surface area contributed by atoms with E-state index in [9.17, 15) is 0 Å². The monoisotopic (exact) mass is 251 g/mol. The van der Waals surface area contributed by atoms with Crippen molar-refractivity contribution >= 4 is 0 Å². The highest BCUT2D eigenvalue weighted by Crippen LogP contribution is 2.29. The van der Waals surface area contributed by atoms with Crippen LogP contribution in [-0.2, 0) is 4.74 Å². The molecule has 4 nitrogen and oxygen atoms in total. The van der Waals surface area contributed by atoms with Gasteiger partial charge in [0.1, 0.15) is 11.5 Å². The number of rotatable bonds is 5. The SMILES string of the molecule is COc1ccc([C@H](C)N[C@@H]2CCOC2)c(OC)c1. The molecule has 1 N–H and O–H groups in total. The van der Waals surface area contributed by atoms with Crippen LogP contribution in [0.25, 0.3) is 0 Å². The van der Waals surface area contributed by atoms with Gasteiger partial charge in [-0.15, -0.1) is 0 Å². The van der Waals surface area contributed by atoms with Gasteiger partial charge in [-0.1, -0.05) is 6.07 Å². The van der Waals surface area contributed by atoms with Crippen LogP contribution in [0, 0.1) is 0 Å². The first-order valence-electron chi connectivity index (χ1n) is 6.30. The number of methoxy groups -OCH3 is 2. The predicted molar refractivity (Wildman–Crippen MR) is 70.3 cm³/mol. The first-order chi connectivity index (χ1) is 8.74. The van der Waals surface area contributed by atoms with E-state index in [-0.39, 0.29) is 6.04 Å². The third-order valence-corrected chi connectivity index (χ3v) is 3.32. The molecule has 1 fully saturated rings. The quantitative estimate of drug-likeness (QED) is 0.870. The number of ether oxygens (including phenoxy) is 3. The van der Waals surface area contributed by atoms with E-state index in [1.807, 2.05) is 18.2 Å². The van der Waals surface area contributed by atoms with E-state index >= 15 is 0 Å². The molecule has 1 saturated heterocycles. The Bertz CT molecular complexity index is 389. The summed E-state index contributed by atoms with van der Waals surface area (Å²) in [7, 11) is 3.34. The maximum atomic E-state index is 5.42. The topological polar surface area (TPSA) is 39.7 Å². The Balaban J connectivity index is 2.10. The molecule has 2 atom stereocenters. The summed E-state index contributed by atoms with van der Waals surface area (Å²) in [4.78, 5) is 0. The Morgan fingerprint density at radius 1 is 1.33 bits per heavy atom. The van der Waals surface area contributed by atoms with Crippen LogP contribution < -0.4 is 14.8 Å². The van der Waals surface area contributed by atoms with Crippen molar-refractivity contribution in [3.63, 3.8) is 0 Å². The summed E-state index contributed by atoms with van der Waals surface area (Å²) in [6, 6.07) is 6.59. The molecule has 0 radical (unpaired) electrons. The average Bonchev–Trinajstić information content (AvgIpc) is 2.90. The second-order valence-corrected chi connectivity index (χ2v) is 4.56. The lowest BCUT2D eigenvalue weighted by Gasteiger charge is -2.21. The number of nitrogens with one attached hydrogen (secondary N) is 1. The number of hydrogen-bond acceptors (Lipinski definition) is 4. The molecule has 0 aliphatic carbocycles. The molecule has 1 aliphatic heterocycles. The summed E-state index contributed by atoms with van der Waals surface area (Å²) >= 11 is 0. The third kappa shape index (κ3) is 2.94. The fourth-order valence-corrected chi connectivity index (χ4v) is 2.29. The van der Waals surface area contributed by atoms with Crippen molar-refractivity contribution in [1.82, 2.24) is 5.32 Å². The van der Waals surface area contributed by atoms with Gasteiger partial charge in [0.05, 0.1) is 20.8 Å². The van der Waals surface area contributed by atoms with E-state index in [4.69, 9.17) is 14.2 Å². The lowest BCUT2D eigenvalue weighted by atomic mass is 10.1. The van der Waals surface area contributed by atoms with Gasteiger partial charge in [-0.3, -0.25) is 0 Å². The summed E-state index contributed by atoms with van der Waals surface area (Å²) < 4.78 is 16.0. The molecular formula is C14H21NO3. The summed E-state index contributed by atoms with van der Waals surface area (Å²) in [6.07, 6.45) is 1.07. The largest absolute Gasteiger partial charge is 0.497 e. The molecule has 0 amide bonds. The molecule has 4 heteroatoms. The molecule has 0 bridgehead atoms. The standard InChI is InChI=1S/C14H21NO3/c1-10(15-11-6-7-18-9-11)13-5-4-12(16-2)8-14(13)17-3/h4-5,8,10-11,15H,6-7,9H2,1-3H3/t10-,11+/m0/s1. The zero-order valence-electron chi connectivity index (χ0n) is 11.2. The summed E-state index contributed by atoms with van der Waals surface area (Å²) in [5.74, 6) is 1.67. The highest BCUT2D eigenvalue weighted by Gasteiger charge is 2.20. The molecule has 1 aromatic rings. The fraction of sp³-hybridized carbons (Fsp3) is 0.571. The van der Waals surface area contributed by atoms with Crippen LogP contribution in [0.1, 0.15) is 24.9 Å². The Kier molecular flexibility index (Phi) is 4.44. The van der Waals surface area contributed by atoms with Crippen LogP contribution in [0.3, 0.4) is 0 Å². The van der Waals surface area contributed by atoms with E-state index in [1.165, 1.54) is 0 Å². The molecule has 0 unspecified atom stereocenters. The van der Waals surface area contributed by atoms with E-state index in [0.29, 0.717) is 6.04 Å². The molecule has 0 spiro atoms. The second-order valence-electron chi connectivity index (χ2n) is 4.56. The molecule has 1 aromatic carbocycles. The van der Waals surface area contributed by atoms with Crippen molar-refractivity contribution in [1.29, 1.82) is 0 Å². The highest BCUT2D eigenvalue weighted by molar-refractivity contribution is 5.42. The van der Waals surface area contributed by atoms with Gasteiger partial charge in [0, 0.05) is 30.3 Å². The smallest absolute Gasteiger partial charge is 0.127 e. The van der Waals surface area contributed by atoms with Crippen molar-refractivity contribution in [2.45, 2.75) is 25.4 Å². The van der Waals surface area contributed by atoms with Crippen molar-refractivity contribution in [3.8, 4) is 11.5 Å². The summed E-state index contributed by atoms with van der Waals surface area (Å²) in [5, 5.41) is 3.56. The van der Waals surface area contributed by atoms with Crippen LogP contribution in [0.2, 0.25) is 0 Å². The van der Waals surface area contributed by atoms with Gasteiger partial charge < -0.3 is 19.5 Å². The fourth-order valence-electron chi connectivity index (χ4n) is 2.29. The average molecular weight is 251 g/mol. The lowest BCUT2D eigenvalue weighted by molar-refractivity contribution is 0.188. The normalized spacial score (nSPS) is 20.7. The van der Waals surface area contributed by atoms with Crippen molar-refractivity contribution in [3.05, 3.63) is 23.8 Å². The Morgan fingerprint density at radius 2 is 2.17 bits per heavy atom. The van der Waals surface area contributed by atoms with Crippen molar-refractivity contribution in [2.75, 3.05) is 27.4 Å². The van der Waals surface area contributed by atoms with E-state index < -0.39 is 0 Å². The van der Waals surface area contributed by atoms with Gasteiger partial charge in [-0.05, 0) is 19.4 Å². The van der Waals surface area contributed by atoms with Gasteiger partial charge in [0.2, 0.25) is 0 Å². The molecule has 2 rings (SSSR count). The minimum absolute atomic E-state index is 0.234. The minimum Gasteiger partial charge on any atom is -0.497 e. The molecule has 18 heavy (non-hydrogen) atoms. The summed E-state index contributed by atoms with van der Waals surface area (Å²) in [6.45, 7) is 3.79. The van der Waals surface area contributed by atoms with Gasteiger partial charge >= 0.3 is 0 Å². The Hall–Kier alpha value is -1.26. The van der Waals surface area contributed by atoms with Crippen LogP contribution >= 0.6 is 0 Å². The first-order valence-corrected chi connectivity index (χ1v) is 6.30. The van der Waals surface area contributed by atoms with E-state index in [0.717, 1.165) is 36.7 Å². The molecule has 0 aromatic heterocycles. The molecule has 1 aliphatic rings. The Morgan fingerprint density at radius 3 is 2.78 bits per heavy atom. The number of hydrogen-bond donors (Lipinski definition) is 1. The third-order valence-electron chi connectivity index (χ3n) is 3.32. The van der Waals surface area contributed by atoms with Crippen molar-refractivity contribution < 1.29 is 14.2 Å². The molecule has 0 saturated carbocycles. The van der Waals surface area contributed by atoms with Crippen LogP contribution in [0.4, 0.5) is 0 Å². The molecule has 1 heterocycles. The van der Waals surface area contributed by atoms with Crippen LogP contribution in [-0.4, -0.2) is 33.5 Å². The lowest BCUT2D eigenvalue weighted by Crippen LogP contribution is -2.31. The highest BCUT2D eigenvalue weighted by atomic mass is 16.5. The molecule has 100 valence electrons. The summed E-state index contributed by atoms with van der Waals surface area (Å²) in [5.41, 5.74) is 1.14. The van der Waals surface area contributed by atoms with Gasteiger partial charge in [-0.25, -0.2) is 0 Å². The van der Waals surface area contributed by atoms with E-state index in [1.54, 1.807) is 14.2 Å². The second kappa shape index (κ2) is 6.07. The zero-order chi connectivity index (χ0) is 13.0. The van der Waals surface area contributed by atoms with Crippen LogP contribution in [0.5, 0.6) is 11.5 Å². The van der Waals surface area contributed by atoms with Crippen molar-refractivity contribution in [2.24, 2.45) is 0 Å². The van der Waals surface area contributed by atoms with Gasteiger partial charge in [-0.2, -0.15) is 0 Å².